The van der Waals surface area contributed by atoms with Gasteiger partial charge in [-0.3, -0.25) is 4.79 Å². The van der Waals surface area contributed by atoms with Gasteiger partial charge >= 0.3 is 0 Å². The van der Waals surface area contributed by atoms with E-state index in [9.17, 15) is 13.6 Å². The van der Waals surface area contributed by atoms with E-state index in [0.717, 1.165) is 29.3 Å². The van der Waals surface area contributed by atoms with Gasteiger partial charge in [0.05, 0.1) is 7.11 Å². The van der Waals surface area contributed by atoms with Crippen LogP contribution in [0.4, 0.5) is 26.2 Å². The number of nitrogens with one attached hydrogen (secondary N) is 3. The maximum absolute atomic E-state index is 13.2. The van der Waals surface area contributed by atoms with Crippen molar-refractivity contribution < 1.29 is 18.3 Å². The first-order chi connectivity index (χ1) is 14.4. The highest BCUT2D eigenvalue weighted by Crippen LogP contribution is 2.20. The molecule has 156 valence electrons. The molecule has 0 fully saturated rings. The Labute approximate surface area is 172 Å². The van der Waals surface area contributed by atoms with E-state index in [-0.39, 0.29) is 12.1 Å². The molecular formula is C21H21F2N5O2. The number of rotatable bonds is 8. The summed E-state index contributed by atoms with van der Waals surface area (Å²) in [5.41, 5.74) is 1.65. The molecule has 0 unspecified atom stereocenters. The van der Waals surface area contributed by atoms with Crippen LogP contribution in [0.15, 0.2) is 48.5 Å². The summed E-state index contributed by atoms with van der Waals surface area (Å²) in [6.07, 6.45) is 0. The van der Waals surface area contributed by atoms with Gasteiger partial charge < -0.3 is 20.7 Å². The number of carbonyl (C=O) groups is 1. The minimum absolute atomic E-state index is 0.0479. The second-order valence-corrected chi connectivity index (χ2v) is 6.38. The molecule has 3 rings (SSSR count). The minimum Gasteiger partial charge on any atom is -0.497 e. The van der Waals surface area contributed by atoms with E-state index in [1.807, 2.05) is 31.2 Å². The van der Waals surface area contributed by atoms with Gasteiger partial charge in [-0.2, -0.15) is 4.98 Å². The van der Waals surface area contributed by atoms with Crippen molar-refractivity contribution in [3.63, 3.8) is 0 Å². The molecule has 0 radical (unpaired) electrons. The normalized spacial score (nSPS) is 10.4. The lowest BCUT2D eigenvalue weighted by Crippen LogP contribution is -2.29. The SMILES string of the molecule is COc1ccc(Nc2cc(C)nc(NCCNC(=O)c3ccc(F)c(F)c3)n2)cc1. The monoisotopic (exact) mass is 413 g/mol. The first kappa shape index (κ1) is 21.0. The Morgan fingerprint density at radius 1 is 1.00 bits per heavy atom. The highest BCUT2D eigenvalue weighted by atomic mass is 19.2. The topological polar surface area (TPSA) is 88.2 Å². The molecule has 9 heteroatoms. The van der Waals surface area contributed by atoms with Crippen LogP contribution < -0.4 is 20.7 Å². The number of nitrogens with zero attached hydrogens (tertiary/aromatic N) is 2. The average molecular weight is 413 g/mol. The van der Waals surface area contributed by atoms with Gasteiger partial charge in [-0.05, 0) is 49.4 Å². The molecule has 30 heavy (non-hydrogen) atoms. The minimum atomic E-state index is -1.06. The number of aromatic nitrogens is 2. The predicted octanol–water partition coefficient (Wildman–Crippen LogP) is 3.66. The van der Waals surface area contributed by atoms with Crippen LogP contribution in [0, 0.1) is 18.6 Å². The zero-order valence-corrected chi connectivity index (χ0v) is 16.5. The Kier molecular flexibility index (Phi) is 6.74. The summed E-state index contributed by atoms with van der Waals surface area (Å²) >= 11 is 0. The van der Waals surface area contributed by atoms with Crippen molar-refractivity contribution in [1.29, 1.82) is 0 Å². The first-order valence-electron chi connectivity index (χ1n) is 9.18. The van der Waals surface area contributed by atoms with Gasteiger partial charge in [0.25, 0.3) is 5.91 Å². The van der Waals surface area contributed by atoms with Crippen LogP contribution >= 0.6 is 0 Å². The molecule has 1 heterocycles. The number of hydrogen-bond donors (Lipinski definition) is 3. The molecule has 7 nitrogen and oxygen atoms in total. The van der Waals surface area contributed by atoms with Crippen molar-refractivity contribution in [2.45, 2.75) is 6.92 Å². The molecule has 2 aromatic carbocycles. The summed E-state index contributed by atoms with van der Waals surface area (Å²) < 4.78 is 31.3. The van der Waals surface area contributed by atoms with E-state index in [2.05, 4.69) is 25.9 Å². The van der Waals surface area contributed by atoms with E-state index < -0.39 is 17.5 Å². The smallest absolute Gasteiger partial charge is 0.251 e. The Bertz CT molecular complexity index is 1030. The molecule has 0 aliphatic heterocycles. The zero-order chi connectivity index (χ0) is 21.5. The van der Waals surface area contributed by atoms with Crippen LogP contribution in [0.5, 0.6) is 5.75 Å². The molecule has 0 atom stereocenters. The summed E-state index contributed by atoms with van der Waals surface area (Å²) in [7, 11) is 1.61. The Morgan fingerprint density at radius 3 is 2.47 bits per heavy atom. The number of aryl methyl sites for hydroxylation is 1. The van der Waals surface area contributed by atoms with Crippen molar-refractivity contribution in [3.8, 4) is 5.75 Å². The van der Waals surface area contributed by atoms with Crippen molar-refractivity contribution in [2.75, 3.05) is 30.8 Å². The fourth-order valence-electron chi connectivity index (χ4n) is 2.62. The maximum Gasteiger partial charge on any atom is 0.251 e. The standard InChI is InChI=1S/C21H21F2N5O2/c1-13-11-19(27-15-4-6-16(30-2)7-5-15)28-21(26-13)25-10-9-24-20(29)14-3-8-17(22)18(23)12-14/h3-8,11-12H,9-10H2,1-2H3,(H,24,29)(H2,25,26,27,28). The van der Waals surface area contributed by atoms with E-state index in [4.69, 9.17) is 4.74 Å². The third kappa shape index (κ3) is 5.63. The lowest BCUT2D eigenvalue weighted by atomic mass is 10.2. The number of halogens is 2. The van der Waals surface area contributed by atoms with Gasteiger partial charge in [0.1, 0.15) is 11.6 Å². The Morgan fingerprint density at radius 2 is 1.77 bits per heavy atom. The van der Waals surface area contributed by atoms with Crippen molar-refractivity contribution >= 4 is 23.4 Å². The van der Waals surface area contributed by atoms with Crippen LogP contribution in [0.25, 0.3) is 0 Å². The molecule has 0 saturated heterocycles. The quantitative estimate of drug-likeness (QED) is 0.489. The zero-order valence-electron chi connectivity index (χ0n) is 16.5. The summed E-state index contributed by atoms with van der Waals surface area (Å²) in [4.78, 5) is 20.7. The largest absolute Gasteiger partial charge is 0.497 e. The molecule has 0 bridgehead atoms. The summed E-state index contributed by atoms with van der Waals surface area (Å²) in [6, 6.07) is 12.2. The number of amides is 1. The summed E-state index contributed by atoms with van der Waals surface area (Å²) in [6.45, 7) is 2.44. The molecule has 1 aromatic heterocycles. The van der Waals surface area contributed by atoms with Crippen molar-refractivity contribution in [2.24, 2.45) is 0 Å². The third-order valence-electron chi connectivity index (χ3n) is 4.09. The molecule has 0 aliphatic rings. The van der Waals surface area contributed by atoms with Crippen LogP contribution in [0.1, 0.15) is 16.1 Å². The number of carbonyl (C=O) groups excluding carboxylic acids is 1. The number of benzene rings is 2. The number of hydrogen-bond acceptors (Lipinski definition) is 6. The molecule has 0 aliphatic carbocycles. The second-order valence-electron chi connectivity index (χ2n) is 6.38. The highest BCUT2D eigenvalue weighted by Gasteiger charge is 2.09. The lowest BCUT2D eigenvalue weighted by molar-refractivity contribution is 0.0954. The van der Waals surface area contributed by atoms with E-state index in [1.165, 1.54) is 6.07 Å². The van der Waals surface area contributed by atoms with Crippen molar-refractivity contribution in [1.82, 2.24) is 15.3 Å². The van der Waals surface area contributed by atoms with Crippen LogP contribution in [0.2, 0.25) is 0 Å². The van der Waals surface area contributed by atoms with Gasteiger partial charge in [0, 0.05) is 36.1 Å². The summed E-state index contributed by atoms with van der Waals surface area (Å²) in [5, 5.41) is 8.84. The number of anilines is 3. The predicted molar refractivity (Wildman–Crippen MR) is 110 cm³/mol. The Hall–Kier alpha value is -3.75. The third-order valence-corrected chi connectivity index (χ3v) is 4.09. The van der Waals surface area contributed by atoms with Gasteiger partial charge in [0.2, 0.25) is 5.95 Å². The second kappa shape index (κ2) is 9.64. The molecule has 1 amide bonds. The average Bonchev–Trinajstić information content (AvgIpc) is 2.73. The maximum atomic E-state index is 13.2. The number of ether oxygens (including phenoxy) is 1. The molecule has 3 N–H and O–H groups in total. The van der Waals surface area contributed by atoms with Gasteiger partial charge in [-0.25, -0.2) is 13.8 Å². The van der Waals surface area contributed by atoms with Gasteiger partial charge in [-0.15, -0.1) is 0 Å². The van der Waals surface area contributed by atoms with E-state index >= 15 is 0 Å². The lowest BCUT2D eigenvalue weighted by Gasteiger charge is -2.11. The van der Waals surface area contributed by atoms with Gasteiger partial charge in [-0.1, -0.05) is 0 Å². The fourth-order valence-corrected chi connectivity index (χ4v) is 2.62. The van der Waals surface area contributed by atoms with E-state index in [1.54, 1.807) is 13.2 Å². The van der Waals surface area contributed by atoms with Gasteiger partial charge in [0.15, 0.2) is 11.6 Å². The van der Waals surface area contributed by atoms with E-state index in [0.29, 0.717) is 18.3 Å². The molecular weight excluding hydrogens is 392 g/mol. The van der Waals surface area contributed by atoms with Crippen LogP contribution in [0.3, 0.4) is 0 Å². The first-order valence-corrected chi connectivity index (χ1v) is 9.18. The molecule has 3 aromatic rings. The summed E-state index contributed by atoms with van der Waals surface area (Å²) in [5.74, 6) is -0.793. The molecule has 0 spiro atoms. The Balaban J connectivity index is 1.53. The fraction of sp³-hybridized carbons (Fsp3) is 0.190. The molecule has 0 saturated carbocycles. The van der Waals surface area contributed by atoms with Crippen molar-refractivity contribution in [3.05, 3.63) is 71.4 Å². The van der Waals surface area contributed by atoms with Crippen LogP contribution in [-0.2, 0) is 0 Å². The number of methoxy groups -OCH3 is 1. The highest BCUT2D eigenvalue weighted by molar-refractivity contribution is 5.94. The van der Waals surface area contributed by atoms with Crippen LogP contribution in [-0.4, -0.2) is 36.1 Å².